The molecule has 0 saturated carbocycles. The number of nitrogens with one attached hydrogen (secondary N) is 1. The Balaban J connectivity index is 1.90. The summed E-state index contributed by atoms with van der Waals surface area (Å²) in [5.41, 5.74) is 0.388. The molecule has 104 valence electrons. The number of hydrogen-bond donors (Lipinski definition) is 1. The molecule has 2 rings (SSSR count). The highest BCUT2D eigenvalue weighted by Crippen LogP contribution is 2.17. The predicted octanol–water partition coefficient (Wildman–Crippen LogP) is 3.12. The Morgan fingerprint density at radius 1 is 1.00 bits per heavy atom. The zero-order valence-corrected chi connectivity index (χ0v) is 10.2. The molecule has 2 aromatic rings. The lowest BCUT2D eigenvalue weighted by Crippen LogP contribution is -2.20. The minimum atomic E-state index is -0.889. The molecule has 0 aliphatic heterocycles. The predicted molar refractivity (Wildman–Crippen MR) is 66.9 cm³/mol. The lowest BCUT2D eigenvalue weighted by atomic mass is 10.3. The Morgan fingerprint density at radius 2 is 1.65 bits per heavy atom. The second-order valence-electron chi connectivity index (χ2n) is 3.92. The molecule has 0 spiro atoms. The fourth-order valence-corrected chi connectivity index (χ4v) is 1.47. The van der Waals surface area contributed by atoms with Gasteiger partial charge in [-0.25, -0.2) is 13.2 Å². The first-order valence-electron chi connectivity index (χ1n) is 5.68. The summed E-state index contributed by atoms with van der Waals surface area (Å²) in [5, 5.41) is 2.44. The Labute approximate surface area is 113 Å². The van der Waals surface area contributed by atoms with E-state index in [-0.39, 0.29) is 5.75 Å². The normalized spacial score (nSPS) is 10.2. The van der Waals surface area contributed by atoms with Gasteiger partial charge >= 0.3 is 0 Å². The molecular formula is C14H10F3NO2. The summed E-state index contributed by atoms with van der Waals surface area (Å²) in [4.78, 5) is 11.5. The van der Waals surface area contributed by atoms with Gasteiger partial charge in [-0.2, -0.15) is 0 Å². The summed E-state index contributed by atoms with van der Waals surface area (Å²) in [5.74, 6) is -2.81. The number of hydrogen-bond acceptors (Lipinski definition) is 2. The number of amides is 1. The first-order chi connectivity index (χ1) is 9.54. The van der Waals surface area contributed by atoms with Crippen molar-refractivity contribution < 1.29 is 22.7 Å². The van der Waals surface area contributed by atoms with Gasteiger partial charge in [-0.15, -0.1) is 0 Å². The maximum absolute atomic E-state index is 13.2. The van der Waals surface area contributed by atoms with Crippen molar-refractivity contribution in [3.8, 4) is 5.75 Å². The van der Waals surface area contributed by atoms with Crippen LogP contribution in [-0.2, 0) is 4.79 Å². The van der Waals surface area contributed by atoms with Crippen LogP contribution < -0.4 is 10.1 Å². The van der Waals surface area contributed by atoms with Crippen molar-refractivity contribution in [3.05, 3.63) is 59.9 Å². The van der Waals surface area contributed by atoms with E-state index in [9.17, 15) is 18.0 Å². The van der Waals surface area contributed by atoms with Crippen molar-refractivity contribution in [2.24, 2.45) is 0 Å². The zero-order valence-electron chi connectivity index (χ0n) is 10.2. The molecule has 1 N–H and O–H groups in total. The molecule has 2 aromatic carbocycles. The molecule has 0 aromatic heterocycles. The largest absolute Gasteiger partial charge is 0.481 e. The topological polar surface area (TPSA) is 38.3 Å². The van der Waals surface area contributed by atoms with Crippen molar-refractivity contribution in [1.29, 1.82) is 0 Å². The van der Waals surface area contributed by atoms with E-state index in [1.165, 1.54) is 24.3 Å². The van der Waals surface area contributed by atoms with E-state index < -0.39 is 30.0 Å². The number of carbonyl (C=O) groups is 1. The smallest absolute Gasteiger partial charge is 0.262 e. The number of halogens is 3. The summed E-state index contributed by atoms with van der Waals surface area (Å²) >= 11 is 0. The Kier molecular flexibility index (Phi) is 4.24. The first kappa shape index (κ1) is 13.9. The van der Waals surface area contributed by atoms with Crippen LogP contribution in [0.5, 0.6) is 5.75 Å². The van der Waals surface area contributed by atoms with Crippen LogP contribution in [-0.4, -0.2) is 12.5 Å². The van der Waals surface area contributed by atoms with E-state index in [1.807, 2.05) is 0 Å². The highest BCUT2D eigenvalue weighted by molar-refractivity contribution is 5.91. The van der Waals surface area contributed by atoms with Gasteiger partial charge in [0.25, 0.3) is 5.91 Å². The molecule has 6 heteroatoms. The van der Waals surface area contributed by atoms with Crippen LogP contribution in [0.2, 0.25) is 0 Å². The third kappa shape index (κ3) is 3.74. The molecule has 0 saturated heterocycles. The van der Waals surface area contributed by atoms with Crippen LogP contribution in [0.1, 0.15) is 0 Å². The van der Waals surface area contributed by atoms with Crippen molar-refractivity contribution >= 4 is 11.6 Å². The SMILES string of the molecule is O=C(COc1ccc(F)cc1F)Nc1ccc(F)cc1. The lowest BCUT2D eigenvalue weighted by Gasteiger charge is -2.08. The minimum absolute atomic E-state index is 0.222. The maximum Gasteiger partial charge on any atom is 0.262 e. The number of ether oxygens (including phenoxy) is 1. The first-order valence-corrected chi connectivity index (χ1v) is 5.68. The molecule has 0 bridgehead atoms. The lowest BCUT2D eigenvalue weighted by molar-refractivity contribution is -0.118. The number of anilines is 1. The van der Waals surface area contributed by atoms with Gasteiger partial charge in [-0.1, -0.05) is 0 Å². The van der Waals surface area contributed by atoms with Crippen LogP contribution >= 0.6 is 0 Å². The van der Waals surface area contributed by atoms with Gasteiger partial charge < -0.3 is 10.1 Å². The Bertz CT molecular complexity index is 614. The summed E-state index contributed by atoms with van der Waals surface area (Å²) in [7, 11) is 0. The van der Waals surface area contributed by atoms with Gasteiger partial charge in [0.05, 0.1) is 0 Å². The van der Waals surface area contributed by atoms with Crippen molar-refractivity contribution in [1.82, 2.24) is 0 Å². The van der Waals surface area contributed by atoms with Crippen LogP contribution in [0, 0.1) is 17.5 Å². The molecule has 0 aliphatic rings. The highest BCUT2D eigenvalue weighted by Gasteiger charge is 2.08. The molecule has 20 heavy (non-hydrogen) atoms. The molecule has 0 radical (unpaired) electrons. The standard InChI is InChI=1S/C14H10F3NO2/c15-9-1-4-11(5-2-9)18-14(19)8-20-13-6-3-10(16)7-12(13)17/h1-7H,8H2,(H,18,19). The molecule has 0 unspecified atom stereocenters. The molecule has 0 heterocycles. The summed E-state index contributed by atoms with van der Waals surface area (Å²) in [6.07, 6.45) is 0. The number of rotatable bonds is 4. The van der Waals surface area contributed by atoms with Crippen LogP contribution in [0.15, 0.2) is 42.5 Å². The highest BCUT2D eigenvalue weighted by atomic mass is 19.1. The average Bonchev–Trinajstić information content (AvgIpc) is 2.40. The Morgan fingerprint density at radius 3 is 2.30 bits per heavy atom. The second kappa shape index (κ2) is 6.10. The molecule has 0 aliphatic carbocycles. The number of benzene rings is 2. The Hall–Kier alpha value is -2.50. The average molecular weight is 281 g/mol. The van der Waals surface area contributed by atoms with Crippen LogP contribution in [0.3, 0.4) is 0 Å². The summed E-state index contributed by atoms with van der Waals surface area (Å²) in [6, 6.07) is 7.92. The van der Waals surface area contributed by atoms with Gasteiger partial charge in [-0.05, 0) is 36.4 Å². The van der Waals surface area contributed by atoms with Gasteiger partial charge in [0.15, 0.2) is 18.2 Å². The van der Waals surface area contributed by atoms with E-state index in [4.69, 9.17) is 4.74 Å². The van der Waals surface area contributed by atoms with Crippen molar-refractivity contribution in [3.63, 3.8) is 0 Å². The third-order valence-electron chi connectivity index (χ3n) is 2.38. The van der Waals surface area contributed by atoms with E-state index in [0.717, 1.165) is 12.1 Å². The van der Waals surface area contributed by atoms with Crippen LogP contribution in [0.25, 0.3) is 0 Å². The maximum atomic E-state index is 13.2. The molecule has 1 amide bonds. The fourth-order valence-electron chi connectivity index (χ4n) is 1.47. The van der Waals surface area contributed by atoms with Crippen molar-refractivity contribution in [2.75, 3.05) is 11.9 Å². The second-order valence-corrected chi connectivity index (χ2v) is 3.92. The van der Waals surface area contributed by atoms with Gasteiger partial charge in [0, 0.05) is 11.8 Å². The summed E-state index contributed by atoms with van der Waals surface area (Å²) < 4.78 is 43.5. The van der Waals surface area contributed by atoms with Crippen molar-refractivity contribution in [2.45, 2.75) is 0 Å². The van der Waals surface area contributed by atoms with Gasteiger partial charge in [0.2, 0.25) is 0 Å². The third-order valence-corrected chi connectivity index (χ3v) is 2.38. The minimum Gasteiger partial charge on any atom is -0.481 e. The van der Waals surface area contributed by atoms with E-state index in [1.54, 1.807) is 0 Å². The molecule has 0 fully saturated rings. The monoisotopic (exact) mass is 281 g/mol. The van der Waals surface area contributed by atoms with E-state index >= 15 is 0 Å². The molecule has 3 nitrogen and oxygen atoms in total. The summed E-state index contributed by atoms with van der Waals surface area (Å²) in [6.45, 7) is -0.445. The molecular weight excluding hydrogens is 271 g/mol. The number of carbonyl (C=O) groups excluding carboxylic acids is 1. The van der Waals surface area contributed by atoms with E-state index in [0.29, 0.717) is 11.8 Å². The zero-order chi connectivity index (χ0) is 14.5. The van der Waals surface area contributed by atoms with Crippen LogP contribution in [0.4, 0.5) is 18.9 Å². The van der Waals surface area contributed by atoms with E-state index in [2.05, 4.69) is 5.32 Å². The molecule has 0 atom stereocenters. The fraction of sp³-hybridized carbons (Fsp3) is 0.0714. The van der Waals surface area contributed by atoms with Gasteiger partial charge in [-0.3, -0.25) is 4.79 Å². The quantitative estimate of drug-likeness (QED) is 0.935. The van der Waals surface area contributed by atoms with Gasteiger partial charge in [0.1, 0.15) is 11.6 Å².